The molecule has 0 fully saturated rings. The van der Waals surface area contributed by atoms with Crippen LogP contribution in [-0.2, 0) is 9.59 Å². The first kappa shape index (κ1) is 17.9. The maximum Gasteiger partial charge on any atom is 0.158 e. The summed E-state index contributed by atoms with van der Waals surface area (Å²) in [4.78, 5) is 22.7. The molecule has 1 heterocycles. The zero-order chi connectivity index (χ0) is 14.7. The molecule has 1 aliphatic rings. The molecular formula is C16H31NO2. The number of nitrogens with one attached hydrogen (secondary N) is 1. The third-order valence-electron chi connectivity index (χ3n) is 3.28. The van der Waals surface area contributed by atoms with Crippen LogP contribution in [0.2, 0.25) is 0 Å². The van der Waals surface area contributed by atoms with E-state index in [0.29, 0.717) is 12.2 Å². The van der Waals surface area contributed by atoms with Crippen LogP contribution in [0, 0.1) is 5.92 Å². The highest BCUT2D eigenvalue weighted by molar-refractivity contribution is 5.86. The van der Waals surface area contributed by atoms with E-state index in [-0.39, 0.29) is 19.2 Å². The van der Waals surface area contributed by atoms with Gasteiger partial charge < -0.3 is 10.1 Å². The molecule has 1 N–H and O–H groups in total. The second kappa shape index (κ2) is 10.8. The van der Waals surface area contributed by atoms with E-state index in [2.05, 4.69) is 5.32 Å². The molecule has 0 aromatic carbocycles. The van der Waals surface area contributed by atoms with Crippen molar-refractivity contribution in [3.8, 4) is 0 Å². The minimum absolute atomic E-state index is 0. The normalized spacial score (nSPS) is 18.2. The topological polar surface area (TPSA) is 46.2 Å². The summed E-state index contributed by atoms with van der Waals surface area (Å²) in [6.45, 7) is 7.64. The fourth-order valence-corrected chi connectivity index (χ4v) is 2.14. The van der Waals surface area contributed by atoms with Gasteiger partial charge in [-0.1, -0.05) is 39.7 Å². The van der Waals surface area contributed by atoms with Crippen LogP contribution < -0.4 is 5.32 Å². The zero-order valence-electron chi connectivity index (χ0n) is 12.9. The number of carbonyl (C=O) groups is 2. The van der Waals surface area contributed by atoms with Gasteiger partial charge in [0.15, 0.2) is 5.78 Å². The maximum atomic E-state index is 12.0. The molecule has 0 bridgehead atoms. The molecule has 0 amide bonds. The molecule has 0 saturated carbocycles. The van der Waals surface area contributed by atoms with Crippen molar-refractivity contribution in [2.24, 2.45) is 5.92 Å². The summed E-state index contributed by atoms with van der Waals surface area (Å²) >= 11 is 0. The average Bonchev–Trinajstić information content (AvgIpc) is 2.93. The summed E-state index contributed by atoms with van der Waals surface area (Å²) in [5.74, 6) is 0.710. The first-order valence-corrected chi connectivity index (χ1v) is 7.55. The van der Waals surface area contributed by atoms with Crippen molar-refractivity contribution in [2.75, 3.05) is 0 Å². The molecule has 0 radical (unpaired) electrons. The third kappa shape index (κ3) is 7.81. The van der Waals surface area contributed by atoms with Crippen LogP contribution in [0.3, 0.4) is 0 Å². The van der Waals surface area contributed by atoms with Crippen LogP contribution in [0.15, 0.2) is 12.3 Å². The number of hydrogen-bond donors (Lipinski definition) is 1. The molecule has 0 spiro atoms. The Morgan fingerprint density at radius 1 is 1.32 bits per heavy atom. The van der Waals surface area contributed by atoms with Crippen molar-refractivity contribution in [1.29, 1.82) is 0 Å². The number of rotatable bonds is 8. The highest BCUT2D eigenvalue weighted by Crippen LogP contribution is 2.16. The predicted molar refractivity (Wildman–Crippen MR) is 82.1 cm³/mol. The summed E-state index contributed by atoms with van der Waals surface area (Å²) in [5, 5.41) is 3.08. The first-order valence-electron chi connectivity index (χ1n) is 7.55. The Kier molecular flexibility index (Phi) is 10.1. The zero-order valence-corrected chi connectivity index (χ0v) is 12.9. The van der Waals surface area contributed by atoms with Crippen LogP contribution in [0.4, 0.5) is 0 Å². The highest BCUT2D eigenvalue weighted by Gasteiger charge is 2.23. The van der Waals surface area contributed by atoms with Gasteiger partial charge in [0.25, 0.3) is 0 Å². The number of hydrogen-bond acceptors (Lipinski definition) is 3. The third-order valence-corrected chi connectivity index (χ3v) is 3.28. The quantitative estimate of drug-likeness (QED) is 0.680. The van der Waals surface area contributed by atoms with E-state index in [9.17, 15) is 9.59 Å². The van der Waals surface area contributed by atoms with Crippen molar-refractivity contribution in [3.63, 3.8) is 0 Å². The van der Waals surface area contributed by atoms with Gasteiger partial charge in [-0.05, 0) is 32.4 Å². The Hall–Kier alpha value is -1.12. The van der Waals surface area contributed by atoms with Crippen molar-refractivity contribution in [1.82, 2.24) is 5.32 Å². The van der Waals surface area contributed by atoms with Crippen LogP contribution in [0.1, 0.15) is 67.6 Å². The molecule has 0 aliphatic carbocycles. The molecule has 0 saturated heterocycles. The highest BCUT2D eigenvalue weighted by atomic mass is 16.1. The number of ketones is 2. The van der Waals surface area contributed by atoms with Crippen molar-refractivity contribution in [2.45, 2.75) is 72.3 Å². The first-order chi connectivity index (χ1) is 9.11. The monoisotopic (exact) mass is 269 g/mol. The average molecular weight is 269 g/mol. The van der Waals surface area contributed by atoms with E-state index in [1.54, 1.807) is 6.92 Å². The Morgan fingerprint density at radius 2 is 2.00 bits per heavy atom. The van der Waals surface area contributed by atoms with E-state index >= 15 is 0 Å². The Labute approximate surface area is 119 Å². The van der Waals surface area contributed by atoms with Gasteiger partial charge in [-0.15, -0.1) is 0 Å². The van der Waals surface area contributed by atoms with Crippen molar-refractivity contribution in [3.05, 3.63) is 12.3 Å². The SMILES string of the molecule is CC.CC(=O)CCCCCC(C)C(=O)C1CC=CN1.[HH]. The van der Waals surface area contributed by atoms with E-state index in [0.717, 1.165) is 32.1 Å². The fourth-order valence-electron chi connectivity index (χ4n) is 2.14. The fraction of sp³-hybridized carbons (Fsp3) is 0.750. The van der Waals surface area contributed by atoms with E-state index in [1.165, 1.54) is 0 Å². The molecular weight excluding hydrogens is 238 g/mol. The molecule has 3 heteroatoms. The lowest BCUT2D eigenvalue weighted by Crippen LogP contribution is -2.33. The Bertz CT molecular complexity index is 295. The van der Waals surface area contributed by atoms with E-state index < -0.39 is 0 Å². The lowest BCUT2D eigenvalue weighted by atomic mass is 9.93. The largest absolute Gasteiger partial charge is 0.381 e. The molecule has 1 rings (SSSR count). The molecule has 19 heavy (non-hydrogen) atoms. The summed E-state index contributed by atoms with van der Waals surface area (Å²) in [5.41, 5.74) is 0. The van der Waals surface area contributed by atoms with Gasteiger partial charge in [0, 0.05) is 13.8 Å². The lowest BCUT2D eigenvalue weighted by Gasteiger charge is -2.15. The number of unbranched alkanes of at least 4 members (excludes halogenated alkanes) is 2. The number of Topliss-reactive ketones (excluding diaryl/α,β-unsaturated/α-hetero) is 2. The Balaban J connectivity index is 0. The van der Waals surface area contributed by atoms with Crippen LogP contribution in [0.25, 0.3) is 0 Å². The molecule has 3 nitrogen and oxygen atoms in total. The smallest absolute Gasteiger partial charge is 0.158 e. The predicted octanol–water partition coefficient (Wildman–Crippen LogP) is 3.88. The molecule has 112 valence electrons. The van der Waals surface area contributed by atoms with Gasteiger partial charge in [0.2, 0.25) is 0 Å². The minimum Gasteiger partial charge on any atom is -0.381 e. The summed E-state index contributed by atoms with van der Waals surface area (Å²) in [6.07, 6.45) is 9.36. The van der Waals surface area contributed by atoms with Gasteiger partial charge in [0.05, 0.1) is 6.04 Å². The standard InChI is InChI=1S/C14H23NO2.C2H6.H2/c1-11(7-4-3-5-8-12(2)16)14(17)13-9-6-10-15-13;1-2;/h6,10-11,13,15H,3-5,7-9H2,1-2H3;1-2H3;1H. The molecule has 0 aromatic heterocycles. The van der Waals surface area contributed by atoms with Gasteiger partial charge >= 0.3 is 0 Å². The second-order valence-electron chi connectivity index (χ2n) is 4.96. The van der Waals surface area contributed by atoms with Crippen LogP contribution in [-0.4, -0.2) is 17.6 Å². The van der Waals surface area contributed by atoms with Crippen LogP contribution >= 0.6 is 0 Å². The minimum atomic E-state index is 0. The van der Waals surface area contributed by atoms with Crippen molar-refractivity contribution >= 4 is 11.6 Å². The van der Waals surface area contributed by atoms with Gasteiger partial charge in [-0.2, -0.15) is 0 Å². The molecule has 0 aromatic rings. The molecule has 1 aliphatic heterocycles. The van der Waals surface area contributed by atoms with E-state index in [1.807, 2.05) is 33.0 Å². The Morgan fingerprint density at radius 3 is 2.53 bits per heavy atom. The summed E-state index contributed by atoms with van der Waals surface area (Å²) < 4.78 is 0. The summed E-state index contributed by atoms with van der Waals surface area (Å²) in [7, 11) is 0. The number of carbonyl (C=O) groups excluding carboxylic acids is 2. The van der Waals surface area contributed by atoms with Gasteiger partial charge in [-0.25, -0.2) is 0 Å². The molecule has 2 unspecified atom stereocenters. The molecule has 2 atom stereocenters. The second-order valence-corrected chi connectivity index (χ2v) is 4.96. The van der Waals surface area contributed by atoms with Gasteiger partial charge in [0.1, 0.15) is 5.78 Å². The van der Waals surface area contributed by atoms with E-state index in [4.69, 9.17) is 0 Å². The summed E-state index contributed by atoms with van der Waals surface area (Å²) in [6, 6.07) is 0.00206. The van der Waals surface area contributed by atoms with Gasteiger partial charge in [-0.3, -0.25) is 4.79 Å². The van der Waals surface area contributed by atoms with Crippen molar-refractivity contribution < 1.29 is 11.0 Å². The maximum absolute atomic E-state index is 12.0. The van der Waals surface area contributed by atoms with Crippen LogP contribution in [0.5, 0.6) is 0 Å². The lowest BCUT2D eigenvalue weighted by molar-refractivity contribution is -0.124.